The quantitative estimate of drug-likeness (QED) is 0.856. The van der Waals surface area contributed by atoms with Gasteiger partial charge in [-0.25, -0.2) is 4.98 Å². The Hall–Kier alpha value is -0.740. The van der Waals surface area contributed by atoms with E-state index in [4.69, 9.17) is 28.9 Å². The molecule has 5 heteroatoms. The summed E-state index contributed by atoms with van der Waals surface area (Å²) in [5.74, 6) is 0. The van der Waals surface area contributed by atoms with Gasteiger partial charge in [-0.3, -0.25) is 0 Å². The standard InChI is InChI=1S/C15H16Cl2N2S/c1-2-11(18)8-10-4-3-7-19-15(10)20-12-5-6-13(16)14(17)9-12/h3-7,9,11H,2,8,18H2,1H3. The first-order chi connectivity index (χ1) is 9.60. The molecule has 1 unspecified atom stereocenters. The van der Waals surface area contributed by atoms with E-state index in [0.29, 0.717) is 10.0 Å². The average molecular weight is 327 g/mol. The number of pyridine rings is 1. The third-order valence-electron chi connectivity index (χ3n) is 2.96. The van der Waals surface area contributed by atoms with Gasteiger partial charge in [0.15, 0.2) is 0 Å². The SMILES string of the molecule is CCC(N)Cc1cccnc1Sc1ccc(Cl)c(Cl)c1. The van der Waals surface area contributed by atoms with Gasteiger partial charge in [-0.2, -0.15) is 0 Å². The molecule has 0 spiro atoms. The first kappa shape index (κ1) is 15.6. The lowest BCUT2D eigenvalue weighted by Gasteiger charge is -2.12. The summed E-state index contributed by atoms with van der Waals surface area (Å²) in [5, 5.41) is 2.08. The van der Waals surface area contributed by atoms with Gasteiger partial charge in [-0.05, 0) is 42.7 Å². The molecule has 0 radical (unpaired) electrons. The van der Waals surface area contributed by atoms with Crippen molar-refractivity contribution < 1.29 is 0 Å². The van der Waals surface area contributed by atoms with Crippen molar-refractivity contribution >= 4 is 35.0 Å². The number of nitrogens with zero attached hydrogens (tertiary/aromatic N) is 1. The molecule has 0 fully saturated rings. The molecule has 1 heterocycles. The van der Waals surface area contributed by atoms with E-state index in [2.05, 4.69) is 18.0 Å². The summed E-state index contributed by atoms with van der Waals surface area (Å²) in [6, 6.07) is 9.77. The summed E-state index contributed by atoms with van der Waals surface area (Å²) in [6.07, 6.45) is 3.57. The van der Waals surface area contributed by atoms with E-state index < -0.39 is 0 Å². The molecule has 2 aromatic rings. The van der Waals surface area contributed by atoms with E-state index in [1.807, 2.05) is 18.2 Å². The second kappa shape index (κ2) is 7.32. The van der Waals surface area contributed by atoms with E-state index in [-0.39, 0.29) is 6.04 Å². The van der Waals surface area contributed by atoms with Crippen LogP contribution in [0.15, 0.2) is 46.5 Å². The minimum Gasteiger partial charge on any atom is -0.327 e. The van der Waals surface area contributed by atoms with Gasteiger partial charge in [0, 0.05) is 17.1 Å². The second-order valence-electron chi connectivity index (χ2n) is 4.52. The van der Waals surface area contributed by atoms with Crippen LogP contribution in [0.4, 0.5) is 0 Å². The Bertz CT molecular complexity index is 590. The topological polar surface area (TPSA) is 38.9 Å². The van der Waals surface area contributed by atoms with Crippen molar-refractivity contribution in [1.29, 1.82) is 0 Å². The van der Waals surface area contributed by atoms with Crippen LogP contribution in [0.25, 0.3) is 0 Å². The van der Waals surface area contributed by atoms with Gasteiger partial charge in [0.05, 0.1) is 10.0 Å². The molecular weight excluding hydrogens is 311 g/mol. The predicted molar refractivity (Wildman–Crippen MR) is 86.8 cm³/mol. The highest BCUT2D eigenvalue weighted by atomic mass is 35.5. The molecule has 0 saturated heterocycles. The zero-order valence-electron chi connectivity index (χ0n) is 11.1. The average Bonchev–Trinajstić information content (AvgIpc) is 2.45. The Balaban J connectivity index is 2.22. The van der Waals surface area contributed by atoms with Gasteiger partial charge in [0.1, 0.15) is 5.03 Å². The second-order valence-corrected chi connectivity index (χ2v) is 6.39. The van der Waals surface area contributed by atoms with Crippen LogP contribution in [0.1, 0.15) is 18.9 Å². The lowest BCUT2D eigenvalue weighted by atomic mass is 10.1. The van der Waals surface area contributed by atoms with Crippen LogP contribution < -0.4 is 5.73 Å². The maximum Gasteiger partial charge on any atom is 0.104 e. The van der Waals surface area contributed by atoms with Gasteiger partial charge in [0.2, 0.25) is 0 Å². The van der Waals surface area contributed by atoms with Crippen molar-refractivity contribution in [2.75, 3.05) is 0 Å². The Morgan fingerprint density at radius 2 is 2.05 bits per heavy atom. The molecule has 0 aliphatic carbocycles. The molecular formula is C15H16Cl2N2S. The summed E-state index contributed by atoms with van der Waals surface area (Å²) in [6.45, 7) is 2.09. The number of nitrogens with two attached hydrogens (primary N) is 1. The van der Waals surface area contributed by atoms with Crippen molar-refractivity contribution in [3.05, 3.63) is 52.1 Å². The molecule has 0 amide bonds. The lowest BCUT2D eigenvalue weighted by Crippen LogP contribution is -2.21. The Morgan fingerprint density at radius 1 is 1.25 bits per heavy atom. The van der Waals surface area contributed by atoms with Gasteiger partial charge in [-0.15, -0.1) is 0 Å². The van der Waals surface area contributed by atoms with Crippen LogP contribution in [-0.2, 0) is 6.42 Å². The third kappa shape index (κ3) is 4.13. The zero-order chi connectivity index (χ0) is 14.5. The fourth-order valence-corrected chi connectivity index (χ4v) is 3.05. The van der Waals surface area contributed by atoms with Crippen molar-refractivity contribution in [3.63, 3.8) is 0 Å². The van der Waals surface area contributed by atoms with Crippen molar-refractivity contribution in [3.8, 4) is 0 Å². The van der Waals surface area contributed by atoms with Gasteiger partial charge in [-0.1, -0.05) is 48.0 Å². The molecule has 0 aliphatic rings. The molecule has 2 nitrogen and oxygen atoms in total. The lowest BCUT2D eigenvalue weighted by molar-refractivity contribution is 0.637. The maximum absolute atomic E-state index is 6.04. The molecule has 1 aromatic heterocycles. The van der Waals surface area contributed by atoms with Crippen LogP contribution in [0.3, 0.4) is 0 Å². The van der Waals surface area contributed by atoms with Crippen LogP contribution in [0, 0.1) is 0 Å². The first-order valence-corrected chi connectivity index (χ1v) is 7.99. The number of rotatable bonds is 5. The fraction of sp³-hybridized carbons (Fsp3) is 0.267. The van der Waals surface area contributed by atoms with Crippen molar-refractivity contribution in [2.45, 2.75) is 35.7 Å². The maximum atomic E-state index is 6.04. The van der Waals surface area contributed by atoms with E-state index in [0.717, 1.165) is 28.3 Å². The summed E-state index contributed by atoms with van der Waals surface area (Å²) in [4.78, 5) is 5.46. The molecule has 106 valence electrons. The van der Waals surface area contributed by atoms with Gasteiger partial charge in [0.25, 0.3) is 0 Å². The van der Waals surface area contributed by atoms with Gasteiger partial charge < -0.3 is 5.73 Å². The van der Waals surface area contributed by atoms with E-state index >= 15 is 0 Å². The summed E-state index contributed by atoms with van der Waals surface area (Å²) >= 11 is 13.5. The first-order valence-electron chi connectivity index (χ1n) is 6.42. The van der Waals surface area contributed by atoms with E-state index in [1.165, 1.54) is 0 Å². The highest BCUT2D eigenvalue weighted by Gasteiger charge is 2.10. The largest absolute Gasteiger partial charge is 0.327 e. The Kier molecular flexibility index (Phi) is 5.73. The molecule has 0 saturated carbocycles. The Labute approximate surface area is 133 Å². The fourth-order valence-electron chi connectivity index (χ4n) is 1.75. The number of benzene rings is 1. The minimum atomic E-state index is 0.160. The predicted octanol–water partition coefficient (Wildman–Crippen LogP) is 4.82. The molecule has 1 aromatic carbocycles. The highest BCUT2D eigenvalue weighted by molar-refractivity contribution is 7.99. The zero-order valence-corrected chi connectivity index (χ0v) is 13.5. The number of aromatic nitrogens is 1. The van der Waals surface area contributed by atoms with Crippen LogP contribution >= 0.6 is 35.0 Å². The summed E-state index contributed by atoms with van der Waals surface area (Å²) in [5.41, 5.74) is 7.20. The molecule has 0 aliphatic heterocycles. The third-order valence-corrected chi connectivity index (χ3v) is 4.75. The molecule has 0 bridgehead atoms. The van der Waals surface area contributed by atoms with Crippen LogP contribution in [0.5, 0.6) is 0 Å². The van der Waals surface area contributed by atoms with Crippen molar-refractivity contribution in [1.82, 2.24) is 4.98 Å². The molecule has 2 rings (SSSR count). The van der Waals surface area contributed by atoms with Crippen LogP contribution in [0.2, 0.25) is 10.0 Å². The minimum absolute atomic E-state index is 0.160. The monoisotopic (exact) mass is 326 g/mol. The number of halogens is 2. The molecule has 20 heavy (non-hydrogen) atoms. The Morgan fingerprint density at radius 3 is 2.75 bits per heavy atom. The number of hydrogen-bond donors (Lipinski definition) is 1. The summed E-state index contributed by atoms with van der Waals surface area (Å²) < 4.78 is 0. The highest BCUT2D eigenvalue weighted by Crippen LogP contribution is 2.33. The normalized spacial score (nSPS) is 12.4. The molecule has 2 N–H and O–H groups in total. The molecule has 1 atom stereocenters. The van der Waals surface area contributed by atoms with Crippen LogP contribution in [-0.4, -0.2) is 11.0 Å². The van der Waals surface area contributed by atoms with E-state index in [1.54, 1.807) is 24.0 Å². The smallest absolute Gasteiger partial charge is 0.104 e. The van der Waals surface area contributed by atoms with Crippen molar-refractivity contribution in [2.24, 2.45) is 5.73 Å². The van der Waals surface area contributed by atoms with Gasteiger partial charge >= 0.3 is 0 Å². The summed E-state index contributed by atoms with van der Waals surface area (Å²) in [7, 11) is 0. The van der Waals surface area contributed by atoms with E-state index in [9.17, 15) is 0 Å². The number of hydrogen-bond acceptors (Lipinski definition) is 3.